The second-order valence-corrected chi connectivity index (χ2v) is 5.54. The first-order valence-corrected chi connectivity index (χ1v) is 7.67. The Labute approximate surface area is 135 Å². The summed E-state index contributed by atoms with van der Waals surface area (Å²) in [7, 11) is 0. The van der Waals surface area contributed by atoms with Crippen LogP contribution in [0.15, 0.2) is 48.5 Å². The predicted octanol–water partition coefficient (Wildman–Crippen LogP) is 2.73. The van der Waals surface area contributed by atoms with E-state index in [0.717, 1.165) is 5.56 Å². The van der Waals surface area contributed by atoms with Crippen molar-refractivity contribution < 1.29 is 14.3 Å². The first-order chi connectivity index (χ1) is 11.2. The minimum atomic E-state index is -0.377. The van der Waals surface area contributed by atoms with E-state index in [-0.39, 0.29) is 17.9 Å². The van der Waals surface area contributed by atoms with Crippen LogP contribution < -0.4 is 20.5 Å². The molecule has 0 saturated heterocycles. The van der Waals surface area contributed by atoms with Crippen LogP contribution in [0.25, 0.3) is 0 Å². The van der Waals surface area contributed by atoms with Gasteiger partial charge in [0.25, 0.3) is 0 Å². The summed E-state index contributed by atoms with van der Waals surface area (Å²) in [5, 5.41) is 2.90. The molecule has 1 heterocycles. The Hall–Kier alpha value is -2.53. The van der Waals surface area contributed by atoms with Gasteiger partial charge in [-0.05, 0) is 17.7 Å². The lowest BCUT2D eigenvalue weighted by molar-refractivity contribution is -0.120. The van der Waals surface area contributed by atoms with Crippen molar-refractivity contribution in [2.75, 3.05) is 18.5 Å². The molecule has 0 aliphatic carbocycles. The maximum Gasteiger partial charge on any atom is 0.229 e. The van der Waals surface area contributed by atoms with Gasteiger partial charge in [0, 0.05) is 6.04 Å². The number of fused-ring (bicyclic) bond motifs is 1. The predicted molar refractivity (Wildman–Crippen MR) is 88.6 cm³/mol. The number of rotatable bonds is 4. The molecule has 3 rings (SSSR count). The van der Waals surface area contributed by atoms with E-state index in [9.17, 15) is 4.79 Å². The zero-order chi connectivity index (χ0) is 16.2. The van der Waals surface area contributed by atoms with Gasteiger partial charge in [-0.3, -0.25) is 4.79 Å². The number of carbonyl (C=O) groups excluding carboxylic acids is 1. The van der Waals surface area contributed by atoms with E-state index >= 15 is 0 Å². The zero-order valence-corrected chi connectivity index (χ0v) is 13.0. The number of nitrogens with one attached hydrogen (secondary N) is 1. The van der Waals surface area contributed by atoms with Gasteiger partial charge in [0.05, 0.1) is 11.6 Å². The molecule has 2 unspecified atom stereocenters. The Balaban J connectivity index is 1.74. The van der Waals surface area contributed by atoms with Crippen molar-refractivity contribution in [3.8, 4) is 11.5 Å². The number of para-hydroxylation sites is 1. The van der Waals surface area contributed by atoms with Crippen LogP contribution in [0.5, 0.6) is 11.5 Å². The normalized spacial score (nSPS) is 15.6. The molecule has 1 aliphatic rings. The third-order valence-electron chi connectivity index (χ3n) is 3.96. The maximum absolute atomic E-state index is 12.5. The Morgan fingerprint density at radius 2 is 1.83 bits per heavy atom. The molecule has 0 aromatic heterocycles. The van der Waals surface area contributed by atoms with Crippen molar-refractivity contribution in [1.29, 1.82) is 0 Å². The molecule has 0 radical (unpaired) electrons. The summed E-state index contributed by atoms with van der Waals surface area (Å²) in [4.78, 5) is 12.5. The third-order valence-corrected chi connectivity index (χ3v) is 3.96. The lowest BCUT2D eigenvalue weighted by Gasteiger charge is -2.23. The van der Waals surface area contributed by atoms with Crippen LogP contribution in [-0.2, 0) is 4.79 Å². The van der Waals surface area contributed by atoms with Crippen LogP contribution >= 0.6 is 0 Å². The van der Waals surface area contributed by atoms with Gasteiger partial charge in [0.15, 0.2) is 11.5 Å². The minimum Gasteiger partial charge on any atom is -0.486 e. The molecule has 0 spiro atoms. The molecule has 5 heteroatoms. The molecule has 0 fully saturated rings. The van der Waals surface area contributed by atoms with Gasteiger partial charge < -0.3 is 20.5 Å². The smallest absolute Gasteiger partial charge is 0.229 e. The average molecular weight is 312 g/mol. The van der Waals surface area contributed by atoms with Crippen LogP contribution in [0.2, 0.25) is 0 Å². The first-order valence-electron chi connectivity index (χ1n) is 7.67. The van der Waals surface area contributed by atoms with Crippen LogP contribution in [0.3, 0.4) is 0 Å². The van der Waals surface area contributed by atoms with Gasteiger partial charge >= 0.3 is 0 Å². The molecule has 2 aromatic carbocycles. The molecule has 2 atom stereocenters. The molecule has 1 aliphatic heterocycles. The largest absolute Gasteiger partial charge is 0.486 e. The number of benzene rings is 2. The number of hydrogen-bond donors (Lipinski definition) is 2. The standard InChI is InChI=1S/C18H20N2O3/c1-12(16(19)13-6-3-2-4-7-13)18(21)20-14-8-5-9-15-17(14)23-11-10-22-15/h2-9,12,16H,10-11,19H2,1H3,(H,20,21). The van der Waals surface area contributed by atoms with Gasteiger partial charge in [0.2, 0.25) is 5.91 Å². The fraction of sp³-hybridized carbons (Fsp3) is 0.278. The summed E-state index contributed by atoms with van der Waals surface area (Å²) in [5.41, 5.74) is 7.76. The van der Waals surface area contributed by atoms with Gasteiger partial charge in [-0.25, -0.2) is 0 Å². The molecule has 0 bridgehead atoms. The van der Waals surface area contributed by atoms with Crippen molar-refractivity contribution in [2.24, 2.45) is 11.7 Å². The van der Waals surface area contributed by atoms with E-state index in [2.05, 4.69) is 5.32 Å². The van der Waals surface area contributed by atoms with Crippen LogP contribution in [-0.4, -0.2) is 19.1 Å². The molecule has 2 aromatic rings. The number of nitrogens with two attached hydrogens (primary N) is 1. The van der Waals surface area contributed by atoms with E-state index in [1.54, 1.807) is 6.07 Å². The van der Waals surface area contributed by atoms with Gasteiger partial charge in [-0.1, -0.05) is 43.3 Å². The molecule has 23 heavy (non-hydrogen) atoms. The van der Waals surface area contributed by atoms with E-state index in [1.807, 2.05) is 49.4 Å². The Bertz CT molecular complexity index is 688. The van der Waals surface area contributed by atoms with E-state index in [1.165, 1.54) is 0 Å². The SMILES string of the molecule is CC(C(=O)Nc1cccc2c1OCCO2)C(N)c1ccccc1. The highest BCUT2D eigenvalue weighted by Crippen LogP contribution is 2.37. The second kappa shape index (κ2) is 6.71. The lowest BCUT2D eigenvalue weighted by atomic mass is 9.94. The van der Waals surface area contributed by atoms with Crippen molar-refractivity contribution in [3.05, 3.63) is 54.1 Å². The average Bonchev–Trinajstić information content (AvgIpc) is 2.61. The second-order valence-electron chi connectivity index (χ2n) is 5.54. The topological polar surface area (TPSA) is 73.6 Å². The summed E-state index contributed by atoms with van der Waals surface area (Å²) in [5.74, 6) is 0.698. The first kappa shape index (κ1) is 15.4. The minimum absolute atomic E-state index is 0.149. The summed E-state index contributed by atoms with van der Waals surface area (Å²) in [6.07, 6.45) is 0. The molecular weight excluding hydrogens is 292 g/mol. The van der Waals surface area contributed by atoms with Crippen molar-refractivity contribution in [1.82, 2.24) is 0 Å². The van der Waals surface area contributed by atoms with Gasteiger partial charge in [0.1, 0.15) is 13.2 Å². The fourth-order valence-electron chi connectivity index (χ4n) is 2.55. The monoisotopic (exact) mass is 312 g/mol. The summed E-state index contributed by atoms with van der Waals surface area (Å²) in [6, 6.07) is 14.7. The van der Waals surface area contributed by atoms with E-state index in [4.69, 9.17) is 15.2 Å². The van der Waals surface area contributed by atoms with Crippen molar-refractivity contribution in [3.63, 3.8) is 0 Å². The molecular formula is C18H20N2O3. The number of carbonyl (C=O) groups is 1. The highest BCUT2D eigenvalue weighted by atomic mass is 16.6. The molecule has 120 valence electrons. The summed E-state index contributed by atoms with van der Waals surface area (Å²) >= 11 is 0. The van der Waals surface area contributed by atoms with Gasteiger partial charge in [-0.15, -0.1) is 0 Å². The highest BCUT2D eigenvalue weighted by Gasteiger charge is 2.24. The number of anilines is 1. The Kier molecular flexibility index (Phi) is 4.48. The molecule has 5 nitrogen and oxygen atoms in total. The third kappa shape index (κ3) is 3.29. The zero-order valence-electron chi connectivity index (χ0n) is 13.0. The van der Waals surface area contributed by atoms with Crippen LogP contribution in [0.1, 0.15) is 18.5 Å². The van der Waals surface area contributed by atoms with Crippen molar-refractivity contribution >= 4 is 11.6 Å². The Morgan fingerprint density at radius 3 is 2.61 bits per heavy atom. The number of hydrogen-bond acceptors (Lipinski definition) is 4. The van der Waals surface area contributed by atoms with Crippen LogP contribution in [0.4, 0.5) is 5.69 Å². The maximum atomic E-state index is 12.5. The van der Waals surface area contributed by atoms with Crippen molar-refractivity contribution in [2.45, 2.75) is 13.0 Å². The summed E-state index contributed by atoms with van der Waals surface area (Å²) < 4.78 is 11.1. The lowest BCUT2D eigenvalue weighted by Crippen LogP contribution is -2.30. The Morgan fingerprint density at radius 1 is 1.09 bits per heavy atom. The molecule has 1 amide bonds. The quantitative estimate of drug-likeness (QED) is 0.910. The molecule has 3 N–H and O–H groups in total. The number of amides is 1. The fourth-order valence-corrected chi connectivity index (χ4v) is 2.55. The van der Waals surface area contributed by atoms with Gasteiger partial charge in [-0.2, -0.15) is 0 Å². The highest BCUT2D eigenvalue weighted by molar-refractivity contribution is 5.94. The van der Waals surface area contributed by atoms with Crippen LogP contribution in [0, 0.1) is 5.92 Å². The summed E-state index contributed by atoms with van der Waals surface area (Å²) in [6.45, 7) is 2.80. The molecule has 0 saturated carbocycles. The number of ether oxygens (including phenoxy) is 2. The van der Waals surface area contributed by atoms with E-state index in [0.29, 0.717) is 30.4 Å². The van der Waals surface area contributed by atoms with E-state index < -0.39 is 0 Å².